The van der Waals surface area contributed by atoms with Crippen LogP contribution in [0.4, 0.5) is 0 Å². The molecule has 0 saturated carbocycles. The van der Waals surface area contributed by atoms with Gasteiger partial charge in [-0.05, 0) is 32.9 Å². The Morgan fingerprint density at radius 2 is 2.06 bits per heavy atom. The molecule has 0 aliphatic rings. The van der Waals surface area contributed by atoms with E-state index in [4.69, 9.17) is 15.2 Å². The van der Waals surface area contributed by atoms with Crippen LogP contribution in [0.5, 0.6) is 5.75 Å². The lowest BCUT2D eigenvalue weighted by atomic mass is 10.1. The van der Waals surface area contributed by atoms with Crippen molar-refractivity contribution in [2.24, 2.45) is 5.73 Å². The van der Waals surface area contributed by atoms with E-state index in [1.54, 1.807) is 7.11 Å². The first kappa shape index (κ1) is 13.9. The Balaban J connectivity index is 2.82. The third kappa shape index (κ3) is 4.71. The highest BCUT2D eigenvalue weighted by Crippen LogP contribution is 2.19. The molecule has 2 N–H and O–H groups in total. The topological polar surface area (TPSA) is 57.4 Å². The van der Waals surface area contributed by atoms with Crippen LogP contribution in [0.1, 0.15) is 25.2 Å². The van der Waals surface area contributed by atoms with Gasteiger partial charge in [0.15, 0.2) is 0 Å². The predicted molar refractivity (Wildman–Crippen MR) is 68.3 cm³/mol. The molecule has 17 heavy (non-hydrogen) atoms. The summed E-state index contributed by atoms with van der Waals surface area (Å²) in [5.41, 5.74) is 7.71. The lowest BCUT2D eigenvalue weighted by Crippen LogP contribution is -2.22. The molecule has 1 heterocycles. The molecular formula is C13H22N2O2. The molecule has 2 atom stereocenters. The van der Waals surface area contributed by atoms with Gasteiger partial charge in [-0.15, -0.1) is 0 Å². The number of aromatic nitrogens is 1. The summed E-state index contributed by atoms with van der Waals surface area (Å²) in [4.78, 5) is 4.48. The van der Waals surface area contributed by atoms with Crippen LogP contribution >= 0.6 is 0 Å². The summed E-state index contributed by atoms with van der Waals surface area (Å²) in [6.07, 6.45) is 0.729. The van der Waals surface area contributed by atoms with E-state index in [2.05, 4.69) is 4.98 Å². The highest BCUT2D eigenvalue weighted by atomic mass is 16.5. The van der Waals surface area contributed by atoms with Crippen molar-refractivity contribution in [1.29, 1.82) is 0 Å². The van der Waals surface area contributed by atoms with Gasteiger partial charge in [-0.25, -0.2) is 0 Å². The average Bonchev–Trinajstić information content (AvgIpc) is 2.21. The van der Waals surface area contributed by atoms with Gasteiger partial charge in [0.2, 0.25) is 0 Å². The van der Waals surface area contributed by atoms with Gasteiger partial charge >= 0.3 is 0 Å². The van der Waals surface area contributed by atoms with E-state index in [-0.39, 0.29) is 12.1 Å². The zero-order valence-electron chi connectivity index (χ0n) is 11.1. The lowest BCUT2D eigenvalue weighted by molar-refractivity contribution is 0.0910. The van der Waals surface area contributed by atoms with Gasteiger partial charge in [-0.1, -0.05) is 0 Å². The number of nitrogens with two attached hydrogens (primary N) is 1. The molecule has 0 saturated heterocycles. The Hall–Kier alpha value is -1.13. The summed E-state index contributed by atoms with van der Waals surface area (Å²) >= 11 is 0. The molecule has 4 heteroatoms. The molecular weight excluding hydrogens is 216 g/mol. The van der Waals surface area contributed by atoms with Crippen LogP contribution in [0.25, 0.3) is 0 Å². The summed E-state index contributed by atoms with van der Waals surface area (Å²) in [5.74, 6) is 0.803. The van der Waals surface area contributed by atoms with Crippen molar-refractivity contribution >= 4 is 0 Å². The molecule has 0 aromatic carbocycles. The van der Waals surface area contributed by atoms with Crippen molar-refractivity contribution in [2.45, 2.75) is 39.3 Å². The maximum absolute atomic E-state index is 5.81. The quantitative estimate of drug-likeness (QED) is 0.819. The Morgan fingerprint density at radius 1 is 1.35 bits per heavy atom. The number of nitrogens with zero attached hydrogens (tertiary/aromatic N) is 1. The van der Waals surface area contributed by atoms with Crippen molar-refractivity contribution < 1.29 is 9.47 Å². The molecule has 1 aromatic heterocycles. The number of pyridine rings is 1. The Bertz CT molecular complexity index is 353. The van der Waals surface area contributed by atoms with Gasteiger partial charge in [0.05, 0.1) is 12.3 Å². The molecule has 0 fully saturated rings. The second-order valence-electron chi connectivity index (χ2n) is 4.46. The van der Waals surface area contributed by atoms with Gasteiger partial charge in [-0.2, -0.15) is 0 Å². The largest absolute Gasteiger partial charge is 0.486 e. The Kier molecular flexibility index (Phi) is 5.38. The average molecular weight is 238 g/mol. The van der Waals surface area contributed by atoms with Crippen molar-refractivity contribution in [3.8, 4) is 5.75 Å². The van der Waals surface area contributed by atoms with Gasteiger partial charge < -0.3 is 15.2 Å². The molecule has 0 spiro atoms. The Morgan fingerprint density at radius 3 is 2.65 bits per heavy atom. The number of hydrogen-bond donors (Lipinski definition) is 1. The fourth-order valence-corrected chi connectivity index (χ4v) is 1.64. The van der Waals surface area contributed by atoms with E-state index in [1.165, 1.54) is 0 Å². The zero-order chi connectivity index (χ0) is 12.8. The SMILES string of the molecule is COCC(C)Oc1ccc(C)nc1CC(C)N. The maximum atomic E-state index is 5.81. The molecule has 0 aliphatic heterocycles. The van der Waals surface area contributed by atoms with Gasteiger partial charge in [0.1, 0.15) is 11.9 Å². The van der Waals surface area contributed by atoms with Crippen LogP contribution < -0.4 is 10.5 Å². The minimum atomic E-state index is 0.0105. The number of methoxy groups -OCH3 is 1. The van der Waals surface area contributed by atoms with E-state index >= 15 is 0 Å². The monoisotopic (exact) mass is 238 g/mol. The number of hydrogen-bond acceptors (Lipinski definition) is 4. The van der Waals surface area contributed by atoms with Crippen molar-refractivity contribution in [2.75, 3.05) is 13.7 Å². The first-order valence-electron chi connectivity index (χ1n) is 5.90. The van der Waals surface area contributed by atoms with Crippen molar-refractivity contribution in [3.63, 3.8) is 0 Å². The van der Waals surface area contributed by atoms with Crippen LogP contribution in [-0.2, 0) is 11.2 Å². The highest BCUT2D eigenvalue weighted by Gasteiger charge is 2.11. The van der Waals surface area contributed by atoms with Crippen LogP contribution in [0.3, 0.4) is 0 Å². The zero-order valence-corrected chi connectivity index (χ0v) is 11.1. The predicted octanol–water partition coefficient (Wildman–Crippen LogP) is 1.69. The first-order chi connectivity index (χ1) is 8.02. The standard InChI is InChI=1S/C13H22N2O2/c1-9(14)7-12-13(6-5-10(2)15-12)17-11(3)8-16-4/h5-6,9,11H,7-8,14H2,1-4H3. The van der Waals surface area contributed by atoms with Gasteiger partial charge in [0, 0.05) is 25.3 Å². The van der Waals surface area contributed by atoms with E-state index in [1.807, 2.05) is 32.9 Å². The van der Waals surface area contributed by atoms with Crippen molar-refractivity contribution in [3.05, 3.63) is 23.5 Å². The third-order valence-corrected chi connectivity index (χ3v) is 2.32. The van der Waals surface area contributed by atoms with E-state index in [9.17, 15) is 0 Å². The summed E-state index contributed by atoms with van der Waals surface area (Å²) in [6, 6.07) is 3.97. The first-order valence-corrected chi connectivity index (χ1v) is 5.90. The molecule has 4 nitrogen and oxygen atoms in total. The fraction of sp³-hybridized carbons (Fsp3) is 0.615. The maximum Gasteiger partial charge on any atom is 0.141 e. The molecule has 1 aromatic rings. The fourth-order valence-electron chi connectivity index (χ4n) is 1.64. The van der Waals surface area contributed by atoms with E-state index in [0.29, 0.717) is 6.61 Å². The number of rotatable bonds is 6. The van der Waals surface area contributed by atoms with E-state index in [0.717, 1.165) is 23.6 Å². The Labute approximate surface area is 103 Å². The summed E-state index contributed by atoms with van der Waals surface area (Å²) in [7, 11) is 1.66. The lowest BCUT2D eigenvalue weighted by Gasteiger charge is -2.17. The van der Waals surface area contributed by atoms with Gasteiger partial charge in [-0.3, -0.25) is 4.98 Å². The summed E-state index contributed by atoms with van der Waals surface area (Å²) in [6.45, 7) is 6.46. The van der Waals surface area contributed by atoms with E-state index < -0.39 is 0 Å². The van der Waals surface area contributed by atoms with Crippen LogP contribution in [0.15, 0.2) is 12.1 Å². The van der Waals surface area contributed by atoms with Crippen molar-refractivity contribution in [1.82, 2.24) is 4.98 Å². The molecule has 0 aliphatic carbocycles. The van der Waals surface area contributed by atoms with Crippen LogP contribution in [0.2, 0.25) is 0 Å². The van der Waals surface area contributed by atoms with Gasteiger partial charge in [0.25, 0.3) is 0 Å². The van der Waals surface area contributed by atoms with Crippen LogP contribution in [-0.4, -0.2) is 30.8 Å². The molecule has 2 unspecified atom stereocenters. The highest BCUT2D eigenvalue weighted by molar-refractivity contribution is 5.30. The molecule has 0 amide bonds. The minimum Gasteiger partial charge on any atom is -0.486 e. The number of ether oxygens (including phenoxy) is 2. The summed E-state index contributed by atoms with van der Waals surface area (Å²) in [5, 5.41) is 0. The molecule has 0 bridgehead atoms. The normalized spacial score (nSPS) is 14.4. The third-order valence-electron chi connectivity index (χ3n) is 2.32. The molecule has 0 radical (unpaired) electrons. The smallest absolute Gasteiger partial charge is 0.141 e. The molecule has 1 rings (SSSR count). The minimum absolute atomic E-state index is 0.0105. The second-order valence-corrected chi connectivity index (χ2v) is 4.46. The number of aryl methyl sites for hydroxylation is 1. The molecule has 96 valence electrons. The summed E-state index contributed by atoms with van der Waals surface area (Å²) < 4.78 is 10.8. The second kappa shape index (κ2) is 6.57. The van der Waals surface area contributed by atoms with Crippen LogP contribution in [0, 0.1) is 6.92 Å².